The van der Waals surface area contributed by atoms with Crippen LogP contribution >= 0.6 is 0 Å². The summed E-state index contributed by atoms with van der Waals surface area (Å²) in [6.07, 6.45) is 1.66. The van der Waals surface area contributed by atoms with Crippen molar-refractivity contribution in [1.82, 2.24) is 20.0 Å². The van der Waals surface area contributed by atoms with E-state index in [1.54, 1.807) is 16.6 Å². The van der Waals surface area contributed by atoms with Crippen molar-refractivity contribution in [2.45, 2.75) is 19.5 Å². The Hall–Kier alpha value is -2.78. The van der Waals surface area contributed by atoms with Crippen LogP contribution < -0.4 is 5.48 Å². The highest BCUT2D eigenvalue weighted by atomic mass is 16.5. The summed E-state index contributed by atoms with van der Waals surface area (Å²) in [5.41, 5.74) is 4.06. The van der Waals surface area contributed by atoms with Crippen molar-refractivity contribution in [2.24, 2.45) is 10.3 Å². The second kappa shape index (κ2) is 7.20. The van der Waals surface area contributed by atoms with Gasteiger partial charge in [-0.05, 0) is 18.2 Å². The second-order valence-corrected chi connectivity index (χ2v) is 5.34. The van der Waals surface area contributed by atoms with Gasteiger partial charge >= 0.3 is 0 Å². The van der Waals surface area contributed by atoms with Gasteiger partial charge in [0.1, 0.15) is 5.82 Å². The Balaban J connectivity index is 1.73. The van der Waals surface area contributed by atoms with E-state index in [9.17, 15) is 9.90 Å². The highest BCUT2D eigenvalue weighted by Crippen LogP contribution is 2.20. The van der Waals surface area contributed by atoms with E-state index in [0.717, 1.165) is 16.9 Å². The molecular formula is C15H18N6O3. The van der Waals surface area contributed by atoms with Gasteiger partial charge in [0.25, 0.3) is 0 Å². The standard InChI is InChI=1S/C15H18N6O3/c22-8-7-21-13-4-2-1-3-12(13)16-14(21)10-20-9-11(17-19-20)5-6-15(23)18-24/h1-5,22,24H,6-10H2,(H,18,23)/b11-5-. The zero-order valence-electron chi connectivity index (χ0n) is 13.0. The van der Waals surface area contributed by atoms with Crippen molar-refractivity contribution in [3.05, 3.63) is 41.9 Å². The summed E-state index contributed by atoms with van der Waals surface area (Å²) >= 11 is 0. The van der Waals surface area contributed by atoms with Gasteiger partial charge in [-0.25, -0.2) is 10.5 Å². The molecule has 3 rings (SSSR count). The number of nitrogens with zero attached hydrogens (tertiary/aromatic N) is 5. The number of amides is 1. The Labute approximate surface area is 137 Å². The van der Waals surface area contributed by atoms with Crippen molar-refractivity contribution in [3.63, 3.8) is 0 Å². The molecule has 0 saturated heterocycles. The third-order valence-electron chi connectivity index (χ3n) is 3.67. The number of hydrogen-bond acceptors (Lipinski definition) is 7. The highest BCUT2D eigenvalue weighted by molar-refractivity contribution is 5.76. The van der Waals surface area contributed by atoms with E-state index < -0.39 is 5.91 Å². The molecule has 0 fully saturated rings. The minimum absolute atomic E-state index is 0.0241. The molecule has 1 aromatic heterocycles. The van der Waals surface area contributed by atoms with E-state index in [4.69, 9.17) is 5.21 Å². The summed E-state index contributed by atoms with van der Waals surface area (Å²) in [5, 5.41) is 27.6. The van der Waals surface area contributed by atoms with Gasteiger partial charge in [-0.2, -0.15) is 0 Å². The van der Waals surface area contributed by atoms with Crippen molar-refractivity contribution in [3.8, 4) is 0 Å². The van der Waals surface area contributed by atoms with Gasteiger partial charge < -0.3 is 9.67 Å². The maximum Gasteiger partial charge on any atom is 0.247 e. The van der Waals surface area contributed by atoms with E-state index in [-0.39, 0.29) is 13.0 Å². The number of aromatic nitrogens is 2. The number of aliphatic hydroxyl groups excluding tert-OH is 1. The number of carbonyl (C=O) groups excluding carboxylic acids is 1. The molecule has 1 aromatic carbocycles. The Bertz CT molecular complexity index is 798. The maximum atomic E-state index is 11.0. The zero-order chi connectivity index (χ0) is 16.9. The summed E-state index contributed by atoms with van der Waals surface area (Å²) in [7, 11) is 0. The quantitative estimate of drug-likeness (QED) is 0.540. The highest BCUT2D eigenvalue weighted by Gasteiger charge is 2.18. The van der Waals surface area contributed by atoms with E-state index in [1.807, 2.05) is 28.8 Å². The molecule has 0 radical (unpaired) electrons. The van der Waals surface area contributed by atoms with Crippen LogP contribution in [-0.2, 0) is 17.9 Å². The Morgan fingerprint density at radius 2 is 2.21 bits per heavy atom. The molecule has 1 amide bonds. The molecular weight excluding hydrogens is 312 g/mol. The van der Waals surface area contributed by atoms with Crippen LogP contribution in [0.5, 0.6) is 0 Å². The Morgan fingerprint density at radius 1 is 1.38 bits per heavy atom. The summed E-state index contributed by atoms with van der Waals surface area (Å²) in [6, 6.07) is 7.75. The number of para-hydroxylation sites is 2. The van der Waals surface area contributed by atoms with Gasteiger partial charge in [0.15, 0.2) is 0 Å². The molecule has 24 heavy (non-hydrogen) atoms. The van der Waals surface area contributed by atoms with Crippen LogP contribution in [-0.4, -0.2) is 43.9 Å². The monoisotopic (exact) mass is 330 g/mol. The number of rotatable bonds is 6. The molecule has 126 valence electrons. The molecule has 2 aromatic rings. The number of benzene rings is 1. The third kappa shape index (κ3) is 3.42. The largest absolute Gasteiger partial charge is 0.395 e. The van der Waals surface area contributed by atoms with Gasteiger partial charge in [0, 0.05) is 13.0 Å². The molecule has 0 saturated carbocycles. The fraction of sp³-hybridized carbons (Fsp3) is 0.333. The predicted octanol–water partition coefficient (Wildman–Crippen LogP) is 0.991. The fourth-order valence-electron chi connectivity index (χ4n) is 2.58. The zero-order valence-corrected chi connectivity index (χ0v) is 13.0. The average Bonchev–Trinajstić information content (AvgIpc) is 3.18. The van der Waals surface area contributed by atoms with Gasteiger partial charge in [0.05, 0.1) is 36.4 Å². The Kier molecular flexibility index (Phi) is 4.82. The smallest absolute Gasteiger partial charge is 0.247 e. The summed E-state index contributed by atoms with van der Waals surface area (Å²) < 4.78 is 1.96. The summed E-state index contributed by atoms with van der Waals surface area (Å²) in [5.74, 6) is 0.291. The van der Waals surface area contributed by atoms with E-state index in [0.29, 0.717) is 25.3 Å². The van der Waals surface area contributed by atoms with E-state index >= 15 is 0 Å². The number of hydrogen-bond donors (Lipinski definition) is 3. The van der Waals surface area contributed by atoms with Crippen LogP contribution in [0.3, 0.4) is 0 Å². The van der Waals surface area contributed by atoms with Crippen molar-refractivity contribution in [2.75, 3.05) is 13.2 Å². The van der Waals surface area contributed by atoms with E-state index in [2.05, 4.69) is 15.3 Å². The SMILES string of the molecule is O=C(C/C=C1/CN(Cc2nc3ccccc3n2CCO)N=N1)NO. The third-order valence-corrected chi connectivity index (χ3v) is 3.67. The average molecular weight is 330 g/mol. The minimum atomic E-state index is -0.499. The first-order chi connectivity index (χ1) is 11.7. The molecule has 3 N–H and O–H groups in total. The second-order valence-electron chi connectivity index (χ2n) is 5.34. The molecule has 0 bridgehead atoms. The van der Waals surface area contributed by atoms with Crippen LogP contribution in [0.25, 0.3) is 11.0 Å². The lowest BCUT2D eigenvalue weighted by Crippen LogP contribution is -2.19. The van der Waals surface area contributed by atoms with Crippen LogP contribution in [0.1, 0.15) is 12.2 Å². The number of aliphatic hydroxyl groups is 1. The van der Waals surface area contributed by atoms with Crippen LogP contribution in [0.2, 0.25) is 0 Å². The minimum Gasteiger partial charge on any atom is -0.395 e. The molecule has 9 nitrogen and oxygen atoms in total. The number of hydroxylamine groups is 1. The lowest BCUT2D eigenvalue weighted by Gasteiger charge is -2.13. The van der Waals surface area contributed by atoms with Crippen LogP contribution in [0.15, 0.2) is 46.4 Å². The van der Waals surface area contributed by atoms with Crippen molar-refractivity contribution in [1.29, 1.82) is 0 Å². The number of fused-ring (bicyclic) bond motifs is 1. The number of nitrogens with one attached hydrogen (secondary N) is 1. The molecule has 1 aliphatic heterocycles. The van der Waals surface area contributed by atoms with E-state index in [1.165, 1.54) is 0 Å². The normalized spacial score (nSPS) is 15.6. The van der Waals surface area contributed by atoms with Gasteiger partial charge in [-0.15, -0.1) is 5.11 Å². The lowest BCUT2D eigenvalue weighted by molar-refractivity contribution is -0.128. The predicted molar refractivity (Wildman–Crippen MR) is 84.7 cm³/mol. The molecule has 9 heteroatoms. The maximum absolute atomic E-state index is 11.0. The molecule has 1 aliphatic rings. The lowest BCUT2D eigenvalue weighted by atomic mass is 10.3. The molecule has 2 heterocycles. The van der Waals surface area contributed by atoms with Gasteiger partial charge in [0.2, 0.25) is 5.91 Å². The first-order valence-electron chi connectivity index (χ1n) is 7.55. The van der Waals surface area contributed by atoms with Crippen LogP contribution in [0, 0.1) is 0 Å². The first kappa shape index (κ1) is 16.1. The summed E-state index contributed by atoms with van der Waals surface area (Å²) in [4.78, 5) is 15.6. The number of carbonyl (C=O) groups is 1. The molecule has 0 unspecified atom stereocenters. The first-order valence-corrected chi connectivity index (χ1v) is 7.55. The van der Waals surface area contributed by atoms with Gasteiger partial charge in [-0.1, -0.05) is 17.4 Å². The fourth-order valence-corrected chi connectivity index (χ4v) is 2.58. The molecule has 0 aliphatic carbocycles. The molecule has 0 atom stereocenters. The van der Waals surface area contributed by atoms with Gasteiger partial charge in [-0.3, -0.25) is 15.0 Å². The van der Waals surface area contributed by atoms with Crippen molar-refractivity contribution >= 4 is 16.9 Å². The summed E-state index contributed by atoms with van der Waals surface area (Å²) in [6.45, 7) is 1.39. The Morgan fingerprint density at radius 3 is 3.00 bits per heavy atom. The number of imidazole rings is 1. The topological polar surface area (TPSA) is 115 Å². The van der Waals surface area contributed by atoms with Crippen LogP contribution in [0.4, 0.5) is 0 Å². The molecule has 0 spiro atoms. The van der Waals surface area contributed by atoms with Crippen molar-refractivity contribution < 1.29 is 15.1 Å².